The van der Waals surface area contributed by atoms with Crippen molar-refractivity contribution in [1.29, 1.82) is 0 Å². The van der Waals surface area contributed by atoms with Crippen molar-refractivity contribution >= 4 is 11.9 Å². The van der Waals surface area contributed by atoms with E-state index in [0.717, 1.165) is 32.5 Å². The van der Waals surface area contributed by atoms with Crippen molar-refractivity contribution in [3.63, 3.8) is 0 Å². The molecule has 0 aromatic heterocycles. The molecule has 0 aliphatic carbocycles. The first-order chi connectivity index (χ1) is 10.1. The van der Waals surface area contributed by atoms with Gasteiger partial charge in [0, 0.05) is 45.6 Å². The van der Waals surface area contributed by atoms with Crippen molar-refractivity contribution in [2.24, 2.45) is 5.92 Å². The first-order valence-corrected chi connectivity index (χ1v) is 7.79. The quantitative estimate of drug-likeness (QED) is 0.789. The van der Waals surface area contributed by atoms with Gasteiger partial charge in [-0.05, 0) is 26.7 Å². The number of hydrogen-bond acceptors (Lipinski definition) is 3. The summed E-state index contributed by atoms with van der Waals surface area (Å²) >= 11 is 0. The van der Waals surface area contributed by atoms with Crippen LogP contribution < -0.4 is 0 Å². The van der Waals surface area contributed by atoms with Crippen LogP contribution in [0.4, 0.5) is 4.79 Å². The summed E-state index contributed by atoms with van der Waals surface area (Å²) in [6, 6.07) is 0.00708. The molecule has 1 unspecified atom stereocenters. The van der Waals surface area contributed by atoms with E-state index in [1.54, 1.807) is 11.1 Å². The number of hydrogen-bond donors (Lipinski definition) is 0. The lowest BCUT2D eigenvalue weighted by atomic mass is 9.96. The maximum Gasteiger partial charge on any atom is 0.325 e. The standard InChI is InChI=1S/C15H26N4O2/c1-4-17(5-2)14(20)13-7-6-8-18(11-13)15(21)19-10-9-16(3)12-19/h9-10,13H,4-8,11-12H2,1-3H3. The fourth-order valence-corrected chi connectivity index (χ4v) is 2.98. The molecule has 2 rings (SSSR count). The summed E-state index contributed by atoms with van der Waals surface area (Å²) in [6.45, 7) is 7.34. The van der Waals surface area contributed by atoms with Gasteiger partial charge in [-0.15, -0.1) is 0 Å². The minimum Gasteiger partial charge on any atom is -0.361 e. The zero-order valence-electron chi connectivity index (χ0n) is 13.3. The van der Waals surface area contributed by atoms with Crippen LogP contribution in [-0.2, 0) is 4.79 Å². The fraction of sp³-hybridized carbons (Fsp3) is 0.733. The van der Waals surface area contributed by atoms with Gasteiger partial charge in [-0.2, -0.15) is 0 Å². The summed E-state index contributed by atoms with van der Waals surface area (Å²) in [5.41, 5.74) is 0. The van der Waals surface area contributed by atoms with Gasteiger partial charge in [0.1, 0.15) is 0 Å². The monoisotopic (exact) mass is 294 g/mol. The van der Waals surface area contributed by atoms with Gasteiger partial charge < -0.3 is 14.7 Å². The Balaban J connectivity index is 1.96. The molecule has 118 valence electrons. The summed E-state index contributed by atoms with van der Waals surface area (Å²) in [7, 11) is 1.94. The van der Waals surface area contributed by atoms with Crippen LogP contribution in [0.5, 0.6) is 0 Å². The van der Waals surface area contributed by atoms with Crippen LogP contribution in [-0.4, -0.2) is 71.4 Å². The normalized spacial score (nSPS) is 21.9. The highest BCUT2D eigenvalue weighted by Crippen LogP contribution is 2.21. The fourth-order valence-electron chi connectivity index (χ4n) is 2.98. The van der Waals surface area contributed by atoms with Gasteiger partial charge in [0.2, 0.25) is 5.91 Å². The third-order valence-electron chi connectivity index (χ3n) is 4.24. The van der Waals surface area contributed by atoms with E-state index in [4.69, 9.17) is 0 Å². The topological polar surface area (TPSA) is 47.1 Å². The lowest BCUT2D eigenvalue weighted by molar-refractivity contribution is -0.136. The van der Waals surface area contributed by atoms with Gasteiger partial charge in [0.15, 0.2) is 0 Å². The highest BCUT2D eigenvalue weighted by atomic mass is 16.2. The molecule has 1 fully saturated rings. The van der Waals surface area contributed by atoms with E-state index in [1.807, 2.05) is 41.8 Å². The zero-order chi connectivity index (χ0) is 15.4. The van der Waals surface area contributed by atoms with E-state index >= 15 is 0 Å². The number of nitrogens with zero attached hydrogens (tertiary/aromatic N) is 4. The van der Waals surface area contributed by atoms with Crippen molar-refractivity contribution in [2.45, 2.75) is 26.7 Å². The summed E-state index contributed by atoms with van der Waals surface area (Å²) in [5.74, 6) is 0.137. The summed E-state index contributed by atoms with van der Waals surface area (Å²) in [4.78, 5) is 32.3. The van der Waals surface area contributed by atoms with Crippen LogP contribution in [0.3, 0.4) is 0 Å². The zero-order valence-corrected chi connectivity index (χ0v) is 13.3. The lowest BCUT2D eigenvalue weighted by Crippen LogP contribution is -2.50. The molecule has 1 saturated heterocycles. The van der Waals surface area contributed by atoms with Crippen molar-refractivity contribution in [2.75, 3.05) is 39.9 Å². The van der Waals surface area contributed by atoms with Gasteiger partial charge in [-0.1, -0.05) is 0 Å². The molecule has 3 amide bonds. The van der Waals surface area contributed by atoms with Gasteiger partial charge in [0.25, 0.3) is 0 Å². The van der Waals surface area contributed by atoms with Crippen molar-refractivity contribution in [3.05, 3.63) is 12.4 Å². The molecule has 0 aromatic carbocycles. The molecule has 0 radical (unpaired) electrons. The molecule has 2 aliphatic rings. The largest absolute Gasteiger partial charge is 0.361 e. The lowest BCUT2D eigenvalue weighted by Gasteiger charge is -2.36. The van der Waals surface area contributed by atoms with Gasteiger partial charge >= 0.3 is 6.03 Å². The molecule has 1 atom stereocenters. The molecular weight excluding hydrogens is 268 g/mol. The first-order valence-electron chi connectivity index (χ1n) is 7.79. The SMILES string of the molecule is CCN(CC)C(=O)C1CCCN(C(=O)N2C=CN(C)C2)C1. The van der Waals surface area contributed by atoms with E-state index < -0.39 is 0 Å². The van der Waals surface area contributed by atoms with Crippen molar-refractivity contribution in [1.82, 2.24) is 19.6 Å². The number of amides is 3. The Morgan fingerprint density at radius 2 is 1.95 bits per heavy atom. The second-order valence-corrected chi connectivity index (χ2v) is 5.74. The third-order valence-corrected chi connectivity index (χ3v) is 4.24. The Bertz CT molecular complexity index is 420. The summed E-state index contributed by atoms with van der Waals surface area (Å²) in [6.07, 6.45) is 5.48. The number of likely N-dealkylation sites (tertiary alicyclic amines) is 1. The molecule has 0 N–H and O–H groups in total. The van der Waals surface area contributed by atoms with Gasteiger partial charge in [0.05, 0.1) is 12.6 Å². The molecule has 21 heavy (non-hydrogen) atoms. The number of carbonyl (C=O) groups is 2. The molecule has 0 bridgehead atoms. The maximum absolute atomic E-state index is 12.5. The molecule has 6 nitrogen and oxygen atoms in total. The van der Waals surface area contributed by atoms with E-state index in [2.05, 4.69) is 0 Å². The summed E-state index contributed by atoms with van der Waals surface area (Å²) < 4.78 is 0. The van der Waals surface area contributed by atoms with Crippen LogP contribution in [0.2, 0.25) is 0 Å². The predicted molar refractivity (Wildman–Crippen MR) is 81.2 cm³/mol. The smallest absolute Gasteiger partial charge is 0.325 e. The molecule has 0 aromatic rings. The van der Waals surface area contributed by atoms with E-state index in [0.29, 0.717) is 13.2 Å². The van der Waals surface area contributed by atoms with E-state index in [-0.39, 0.29) is 17.9 Å². The minimum atomic E-state index is -0.0492. The Morgan fingerprint density at radius 1 is 1.24 bits per heavy atom. The molecule has 2 heterocycles. The van der Waals surface area contributed by atoms with Crippen LogP contribution in [0.25, 0.3) is 0 Å². The van der Waals surface area contributed by atoms with Crippen LogP contribution >= 0.6 is 0 Å². The Labute approximate surface area is 127 Å². The van der Waals surface area contributed by atoms with Crippen molar-refractivity contribution < 1.29 is 9.59 Å². The maximum atomic E-state index is 12.5. The van der Waals surface area contributed by atoms with Crippen LogP contribution in [0.1, 0.15) is 26.7 Å². The average Bonchev–Trinajstić information content (AvgIpc) is 2.94. The molecule has 6 heteroatoms. The number of rotatable bonds is 3. The highest BCUT2D eigenvalue weighted by molar-refractivity contribution is 5.81. The molecule has 2 aliphatic heterocycles. The predicted octanol–water partition coefficient (Wildman–Crippen LogP) is 1.36. The second kappa shape index (κ2) is 6.83. The first kappa shape index (κ1) is 15.7. The third kappa shape index (κ3) is 3.49. The Kier molecular flexibility index (Phi) is 5.09. The molecule has 0 saturated carbocycles. The summed E-state index contributed by atoms with van der Waals surface area (Å²) in [5, 5.41) is 0. The number of piperidine rings is 1. The van der Waals surface area contributed by atoms with Crippen LogP contribution in [0, 0.1) is 5.92 Å². The molecular formula is C15H26N4O2. The molecule has 0 spiro atoms. The minimum absolute atomic E-state index is 0.00708. The van der Waals surface area contributed by atoms with Crippen LogP contribution in [0.15, 0.2) is 12.4 Å². The Hall–Kier alpha value is -1.72. The second-order valence-electron chi connectivity index (χ2n) is 5.74. The van der Waals surface area contributed by atoms with Crippen molar-refractivity contribution in [3.8, 4) is 0 Å². The van der Waals surface area contributed by atoms with E-state index in [1.165, 1.54) is 0 Å². The van der Waals surface area contributed by atoms with Gasteiger partial charge in [-0.25, -0.2) is 4.79 Å². The highest BCUT2D eigenvalue weighted by Gasteiger charge is 2.32. The number of carbonyl (C=O) groups excluding carboxylic acids is 2. The Morgan fingerprint density at radius 3 is 2.52 bits per heavy atom. The number of urea groups is 1. The average molecular weight is 294 g/mol. The van der Waals surface area contributed by atoms with E-state index in [9.17, 15) is 9.59 Å². The van der Waals surface area contributed by atoms with Gasteiger partial charge in [-0.3, -0.25) is 9.69 Å².